The van der Waals surface area contributed by atoms with Crippen molar-refractivity contribution in [1.29, 1.82) is 0 Å². The molecule has 0 bridgehead atoms. The number of piperidine rings is 1. The van der Waals surface area contributed by atoms with Crippen LogP contribution in [-0.4, -0.2) is 97.9 Å². The van der Waals surface area contributed by atoms with E-state index in [-0.39, 0.29) is 45.2 Å². The molecule has 0 unspecified atom stereocenters. The van der Waals surface area contributed by atoms with Crippen molar-refractivity contribution in [3.8, 4) is 16.9 Å². The lowest BCUT2D eigenvalue weighted by Gasteiger charge is -2.32. The number of alkyl carbamates (subject to hydrolysis) is 1. The number of hydrogen-bond acceptors (Lipinski definition) is 11. The topological polar surface area (TPSA) is 196 Å². The minimum absolute atomic E-state index is 0.00560. The van der Waals surface area contributed by atoms with Gasteiger partial charge in [-0.15, -0.1) is 0 Å². The Hall–Kier alpha value is -5.19. The van der Waals surface area contributed by atoms with Gasteiger partial charge in [0.1, 0.15) is 29.4 Å². The van der Waals surface area contributed by atoms with Crippen molar-refractivity contribution in [2.75, 3.05) is 44.2 Å². The van der Waals surface area contributed by atoms with E-state index in [1.807, 2.05) is 27.9 Å². The summed E-state index contributed by atoms with van der Waals surface area (Å²) < 4.78 is 27.7. The summed E-state index contributed by atoms with van der Waals surface area (Å²) in [5, 5.41) is 11.0. The number of ether oxygens (including phenoxy) is 2. The summed E-state index contributed by atoms with van der Waals surface area (Å²) in [6.45, 7) is 11.0. The lowest BCUT2D eigenvalue weighted by Crippen LogP contribution is -2.52. The van der Waals surface area contributed by atoms with E-state index in [0.717, 1.165) is 81.3 Å². The van der Waals surface area contributed by atoms with Crippen LogP contribution in [0.25, 0.3) is 11.1 Å². The van der Waals surface area contributed by atoms with Gasteiger partial charge >= 0.3 is 6.09 Å². The molecule has 1 aliphatic carbocycles. The number of carbonyl (C=O) groups is 3. The van der Waals surface area contributed by atoms with E-state index in [1.54, 1.807) is 52.4 Å². The fourth-order valence-corrected chi connectivity index (χ4v) is 9.82. The van der Waals surface area contributed by atoms with Crippen molar-refractivity contribution in [2.24, 2.45) is 5.41 Å². The Kier molecular flexibility index (Phi) is 15.6. The highest BCUT2D eigenvalue weighted by molar-refractivity contribution is 6.36. The van der Waals surface area contributed by atoms with Crippen LogP contribution in [0.3, 0.4) is 0 Å². The Balaban J connectivity index is 0.825. The number of benzene rings is 1. The summed E-state index contributed by atoms with van der Waals surface area (Å²) in [4.78, 5) is 52.7. The second kappa shape index (κ2) is 21.2. The van der Waals surface area contributed by atoms with Gasteiger partial charge in [-0.2, -0.15) is 5.10 Å². The van der Waals surface area contributed by atoms with Crippen molar-refractivity contribution in [1.82, 2.24) is 40.2 Å². The number of carbonyl (C=O) groups excluding carboxylic acids is 3. The largest absolute Gasteiger partial charge is 0.482 e. The van der Waals surface area contributed by atoms with Crippen molar-refractivity contribution in [2.45, 2.75) is 128 Å². The van der Waals surface area contributed by atoms with Crippen LogP contribution in [0, 0.1) is 11.2 Å². The van der Waals surface area contributed by atoms with E-state index < -0.39 is 29.7 Å². The Morgan fingerprint density at radius 3 is 2.50 bits per heavy atom. The molecular formula is C48H63Cl2FN10O5. The number of aromatic nitrogens is 4. The maximum Gasteiger partial charge on any atom is 0.408 e. The summed E-state index contributed by atoms with van der Waals surface area (Å²) in [5.41, 5.74) is 14.4. The Morgan fingerprint density at radius 1 is 1.00 bits per heavy atom. The first kappa shape index (κ1) is 48.7. The minimum atomic E-state index is -0.744. The van der Waals surface area contributed by atoms with Gasteiger partial charge < -0.3 is 41.4 Å². The maximum atomic E-state index is 14.2. The first-order valence-electron chi connectivity index (χ1n) is 23.1. The molecule has 1 spiro atoms. The average Bonchev–Trinajstić information content (AvgIpc) is 3.73. The van der Waals surface area contributed by atoms with Crippen LogP contribution in [-0.2, 0) is 20.7 Å². The van der Waals surface area contributed by atoms with E-state index >= 15 is 0 Å². The molecule has 3 aromatic heterocycles. The number of halogens is 3. The number of rotatable bonds is 18. The summed E-state index contributed by atoms with van der Waals surface area (Å²) in [5.74, 6) is 0.351. The fourth-order valence-electron chi connectivity index (χ4n) is 9.14. The zero-order chi connectivity index (χ0) is 47.2. The molecule has 4 aromatic rings. The van der Waals surface area contributed by atoms with Gasteiger partial charge in [0.15, 0.2) is 11.6 Å². The molecule has 3 aliphatic rings. The standard InChI is InChI=1S/C48H63Cl2FN10O5/c1-30(41-35(49)14-15-36(51)42(41)50)65-38-24-32(25-55-44(38)53)33-26-56-61(27-33)34-16-22-60(23-17-34)40(62)13-6-5-7-21-59-28-39(48(29-59)18-19-48)58-45(63)37(57-46(64)66-47(2,3)4)12-8-10-31-11-9-20-54-43(31)52/h9,11,14-15,20,24-27,30,34,37,39H,5-8,10,12-13,16-19,21-23,28-29H2,1-4H3,(H2,52,54)(H2,53,55)(H,57,64)(H,58,63)/t30-,37+,39+/m1/s1. The Bertz CT molecular complexity index is 2350. The highest BCUT2D eigenvalue weighted by atomic mass is 35.5. The number of amides is 3. The third-order valence-electron chi connectivity index (χ3n) is 13.0. The van der Waals surface area contributed by atoms with Gasteiger partial charge in [0.05, 0.1) is 17.3 Å². The van der Waals surface area contributed by atoms with Crippen LogP contribution >= 0.6 is 23.2 Å². The predicted molar refractivity (Wildman–Crippen MR) is 253 cm³/mol. The molecule has 1 aromatic carbocycles. The molecule has 2 aliphatic heterocycles. The van der Waals surface area contributed by atoms with E-state index in [0.29, 0.717) is 55.9 Å². The van der Waals surface area contributed by atoms with E-state index in [2.05, 4.69) is 30.6 Å². The molecule has 18 heteroatoms. The Morgan fingerprint density at radius 2 is 1.77 bits per heavy atom. The molecule has 5 heterocycles. The quantitative estimate of drug-likeness (QED) is 0.0553. The summed E-state index contributed by atoms with van der Waals surface area (Å²) in [6, 6.07) is 7.58. The second-order valence-electron chi connectivity index (χ2n) is 19.1. The van der Waals surface area contributed by atoms with Crippen LogP contribution in [0.5, 0.6) is 5.75 Å². The zero-order valence-corrected chi connectivity index (χ0v) is 39.8. The van der Waals surface area contributed by atoms with E-state index in [1.165, 1.54) is 12.1 Å². The smallest absolute Gasteiger partial charge is 0.408 e. The zero-order valence-electron chi connectivity index (χ0n) is 38.3. The summed E-state index contributed by atoms with van der Waals surface area (Å²) >= 11 is 12.5. The highest BCUT2D eigenvalue weighted by Gasteiger charge is 2.55. The predicted octanol–water partition coefficient (Wildman–Crippen LogP) is 8.31. The molecular weight excluding hydrogens is 886 g/mol. The molecule has 3 amide bonds. The van der Waals surface area contributed by atoms with Crippen molar-refractivity contribution in [3.63, 3.8) is 0 Å². The molecule has 66 heavy (non-hydrogen) atoms. The summed E-state index contributed by atoms with van der Waals surface area (Å²) in [7, 11) is 0. The second-order valence-corrected chi connectivity index (χ2v) is 19.8. The normalized spacial score (nSPS) is 18.2. The molecule has 0 radical (unpaired) electrons. The fraction of sp³-hybridized carbons (Fsp3) is 0.542. The molecule has 3 fully saturated rings. The number of unbranched alkanes of at least 4 members (excludes halogenated alkanes) is 2. The molecule has 3 atom stereocenters. The minimum Gasteiger partial charge on any atom is -0.482 e. The number of likely N-dealkylation sites (tertiary alicyclic amines) is 2. The van der Waals surface area contributed by atoms with E-state index in [4.69, 9.17) is 44.1 Å². The van der Waals surface area contributed by atoms with E-state index in [9.17, 15) is 18.8 Å². The van der Waals surface area contributed by atoms with Crippen LogP contribution in [0.4, 0.5) is 20.8 Å². The lowest BCUT2D eigenvalue weighted by atomic mass is 9.99. The highest BCUT2D eigenvalue weighted by Crippen LogP contribution is 2.53. The molecule has 356 valence electrons. The van der Waals surface area contributed by atoms with Crippen LogP contribution in [0.2, 0.25) is 10.0 Å². The number of pyridine rings is 2. The number of nitrogen functional groups attached to an aromatic ring is 2. The Labute approximate surface area is 396 Å². The monoisotopic (exact) mass is 948 g/mol. The van der Waals surface area contributed by atoms with Gasteiger partial charge in [-0.25, -0.2) is 19.2 Å². The van der Waals surface area contributed by atoms with Crippen molar-refractivity contribution in [3.05, 3.63) is 82.1 Å². The molecule has 6 N–H and O–H groups in total. The lowest BCUT2D eigenvalue weighted by molar-refractivity contribution is -0.132. The molecule has 1 saturated carbocycles. The first-order valence-corrected chi connectivity index (χ1v) is 23.8. The average molecular weight is 950 g/mol. The van der Waals surface area contributed by atoms with Gasteiger partial charge in [-0.05, 0) is 122 Å². The maximum absolute atomic E-state index is 14.2. The van der Waals surface area contributed by atoms with Crippen molar-refractivity contribution >= 4 is 52.7 Å². The van der Waals surface area contributed by atoms with Gasteiger partial charge in [0, 0.05) is 84.4 Å². The van der Waals surface area contributed by atoms with Crippen LogP contribution in [0.1, 0.15) is 115 Å². The van der Waals surface area contributed by atoms with Gasteiger partial charge in [-0.3, -0.25) is 14.3 Å². The number of nitrogens with one attached hydrogen (secondary N) is 2. The first-order chi connectivity index (χ1) is 31.5. The molecule has 15 nitrogen and oxygen atoms in total. The number of aryl methyl sites for hydroxylation is 1. The third-order valence-corrected chi connectivity index (χ3v) is 13.7. The number of nitrogens with zero attached hydrogens (tertiary/aromatic N) is 6. The molecule has 7 rings (SSSR count). The van der Waals surface area contributed by atoms with Gasteiger partial charge in [0.25, 0.3) is 0 Å². The summed E-state index contributed by atoms with van der Waals surface area (Å²) in [6.07, 6.45) is 14.4. The van der Waals surface area contributed by atoms with Crippen LogP contribution in [0.15, 0.2) is 55.1 Å². The van der Waals surface area contributed by atoms with Crippen molar-refractivity contribution < 1.29 is 28.2 Å². The third kappa shape index (κ3) is 12.4. The number of nitrogens with two attached hydrogens (primary N) is 2. The SMILES string of the molecule is C[C@@H](Oc1cc(-c2cnn(C3CCN(C(=O)CCCCCN4C[C@H](NC(=O)[C@H](CCCc5cccnc5N)NC(=O)OC(C)(C)C)C5(CC5)C4)CC3)c2)cnc1N)c1c(Cl)ccc(F)c1Cl. The molecule has 2 saturated heterocycles. The van der Waals surface area contributed by atoms with Gasteiger partial charge in [-0.1, -0.05) is 35.7 Å². The van der Waals surface area contributed by atoms with Crippen LogP contribution < -0.4 is 26.8 Å². The van der Waals surface area contributed by atoms with Gasteiger partial charge in [0.2, 0.25) is 11.8 Å². The number of hydrogen-bond donors (Lipinski definition) is 4. The number of anilines is 2.